The molecule has 0 spiro atoms. The molecule has 5 nitrogen and oxygen atoms in total. The number of anilines is 1. The Kier molecular flexibility index (Phi) is 2.85. The molecule has 0 unspecified atom stereocenters. The third kappa shape index (κ3) is 2.36. The Morgan fingerprint density at radius 1 is 1.31 bits per heavy atom. The predicted octanol–water partition coefficient (Wildman–Crippen LogP) is 1.44. The third-order valence-corrected chi connectivity index (χ3v) is 2.34. The van der Waals surface area contributed by atoms with Gasteiger partial charge in [0.15, 0.2) is 0 Å². The Balaban J connectivity index is 2.07. The molecule has 0 amide bonds. The number of rotatable bonds is 3. The minimum absolute atomic E-state index is 0.715. The molecule has 2 aromatic rings. The van der Waals surface area contributed by atoms with E-state index in [9.17, 15) is 0 Å². The fourth-order valence-electron chi connectivity index (χ4n) is 1.56. The monoisotopic (exact) mass is 217 g/mol. The van der Waals surface area contributed by atoms with E-state index in [1.807, 2.05) is 37.7 Å². The molecular weight excluding hydrogens is 202 g/mol. The van der Waals surface area contributed by atoms with Gasteiger partial charge in [0.25, 0.3) is 0 Å². The van der Waals surface area contributed by atoms with Crippen LogP contribution in [-0.4, -0.2) is 19.7 Å². The molecule has 0 fully saturated rings. The van der Waals surface area contributed by atoms with E-state index in [0.717, 1.165) is 23.0 Å². The minimum atomic E-state index is 0.715. The highest BCUT2D eigenvalue weighted by Crippen LogP contribution is 2.07. The van der Waals surface area contributed by atoms with Crippen LogP contribution in [0, 0.1) is 13.8 Å². The quantitative estimate of drug-likeness (QED) is 0.845. The van der Waals surface area contributed by atoms with Gasteiger partial charge < -0.3 is 5.32 Å². The third-order valence-electron chi connectivity index (χ3n) is 2.34. The molecule has 84 valence electrons. The van der Waals surface area contributed by atoms with E-state index in [0.29, 0.717) is 6.54 Å². The van der Waals surface area contributed by atoms with E-state index in [-0.39, 0.29) is 0 Å². The van der Waals surface area contributed by atoms with Gasteiger partial charge >= 0.3 is 0 Å². The topological polar surface area (TPSA) is 55.6 Å². The summed E-state index contributed by atoms with van der Waals surface area (Å²) in [5.74, 6) is 1.64. The van der Waals surface area contributed by atoms with E-state index in [1.165, 1.54) is 0 Å². The second-order valence-electron chi connectivity index (χ2n) is 3.74. The Hall–Kier alpha value is -1.91. The number of aromatic nitrogens is 4. The lowest BCUT2D eigenvalue weighted by Crippen LogP contribution is -2.07. The van der Waals surface area contributed by atoms with Gasteiger partial charge in [-0.05, 0) is 19.9 Å². The molecule has 0 aromatic carbocycles. The van der Waals surface area contributed by atoms with Gasteiger partial charge in [-0.1, -0.05) is 0 Å². The first kappa shape index (κ1) is 10.6. The molecule has 16 heavy (non-hydrogen) atoms. The molecule has 0 radical (unpaired) electrons. The maximum Gasteiger partial charge on any atom is 0.130 e. The van der Waals surface area contributed by atoms with Crippen molar-refractivity contribution < 1.29 is 0 Å². The maximum absolute atomic E-state index is 4.31. The van der Waals surface area contributed by atoms with Crippen LogP contribution >= 0.6 is 0 Å². The summed E-state index contributed by atoms with van der Waals surface area (Å²) in [6.07, 6.45) is 1.79. The Morgan fingerprint density at radius 2 is 2.12 bits per heavy atom. The van der Waals surface area contributed by atoms with Crippen LogP contribution in [0.3, 0.4) is 0 Å². The summed E-state index contributed by atoms with van der Waals surface area (Å²) in [5, 5.41) is 7.37. The fourth-order valence-corrected chi connectivity index (χ4v) is 1.56. The second-order valence-corrected chi connectivity index (χ2v) is 3.74. The van der Waals surface area contributed by atoms with Gasteiger partial charge in [0, 0.05) is 25.0 Å². The SMILES string of the molecule is Cc1cc(NCc2ccnn2C)nc(C)n1. The Bertz CT molecular complexity index is 469. The van der Waals surface area contributed by atoms with Crippen molar-refractivity contribution in [3.05, 3.63) is 35.5 Å². The highest BCUT2D eigenvalue weighted by Gasteiger charge is 2.01. The van der Waals surface area contributed by atoms with Gasteiger partial charge in [-0.2, -0.15) is 5.10 Å². The lowest BCUT2D eigenvalue weighted by Gasteiger charge is -2.07. The zero-order valence-corrected chi connectivity index (χ0v) is 9.73. The Morgan fingerprint density at radius 3 is 2.75 bits per heavy atom. The largest absolute Gasteiger partial charge is 0.364 e. The first-order valence-corrected chi connectivity index (χ1v) is 5.18. The van der Waals surface area contributed by atoms with Gasteiger partial charge in [-0.15, -0.1) is 0 Å². The van der Waals surface area contributed by atoms with E-state index in [4.69, 9.17) is 0 Å². The van der Waals surface area contributed by atoms with Gasteiger partial charge in [0.2, 0.25) is 0 Å². The molecule has 0 saturated heterocycles. The number of nitrogens with zero attached hydrogens (tertiary/aromatic N) is 4. The van der Waals surface area contributed by atoms with Crippen LogP contribution in [0.15, 0.2) is 18.3 Å². The molecule has 5 heteroatoms. The van der Waals surface area contributed by atoms with Crippen molar-refractivity contribution in [1.29, 1.82) is 0 Å². The molecule has 0 aliphatic rings. The second kappa shape index (κ2) is 4.30. The van der Waals surface area contributed by atoms with Crippen LogP contribution in [0.5, 0.6) is 0 Å². The van der Waals surface area contributed by atoms with E-state index >= 15 is 0 Å². The molecule has 2 aromatic heterocycles. The average molecular weight is 217 g/mol. The molecule has 2 heterocycles. The van der Waals surface area contributed by atoms with Gasteiger partial charge in [0.1, 0.15) is 11.6 Å². The summed E-state index contributed by atoms with van der Waals surface area (Å²) in [6.45, 7) is 4.57. The van der Waals surface area contributed by atoms with Gasteiger partial charge in [-0.3, -0.25) is 4.68 Å². The van der Waals surface area contributed by atoms with Crippen LogP contribution in [0.4, 0.5) is 5.82 Å². The summed E-state index contributed by atoms with van der Waals surface area (Å²) in [4.78, 5) is 8.54. The van der Waals surface area contributed by atoms with Crippen molar-refractivity contribution in [2.24, 2.45) is 7.05 Å². The lowest BCUT2D eigenvalue weighted by molar-refractivity contribution is 0.719. The summed E-state index contributed by atoms with van der Waals surface area (Å²) in [6, 6.07) is 3.91. The normalized spacial score (nSPS) is 10.4. The summed E-state index contributed by atoms with van der Waals surface area (Å²) in [5.41, 5.74) is 2.09. The standard InChI is InChI=1S/C11H15N5/c1-8-6-11(15-9(2)14-8)12-7-10-4-5-13-16(10)3/h4-6H,7H2,1-3H3,(H,12,14,15). The van der Waals surface area contributed by atoms with Crippen molar-refractivity contribution in [3.8, 4) is 0 Å². The molecule has 0 atom stereocenters. The molecular formula is C11H15N5. The summed E-state index contributed by atoms with van der Waals surface area (Å²) < 4.78 is 1.84. The molecule has 2 rings (SSSR count). The van der Waals surface area contributed by atoms with Crippen molar-refractivity contribution >= 4 is 5.82 Å². The van der Waals surface area contributed by atoms with Crippen LogP contribution in [0.2, 0.25) is 0 Å². The first-order valence-electron chi connectivity index (χ1n) is 5.18. The number of hydrogen-bond acceptors (Lipinski definition) is 4. The predicted molar refractivity (Wildman–Crippen MR) is 62.0 cm³/mol. The number of aryl methyl sites for hydroxylation is 3. The van der Waals surface area contributed by atoms with Crippen molar-refractivity contribution in [1.82, 2.24) is 19.7 Å². The van der Waals surface area contributed by atoms with Crippen molar-refractivity contribution in [3.63, 3.8) is 0 Å². The smallest absolute Gasteiger partial charge is 0.130 e. The highest BCUT2D eigenvalue weighted by atomic mass is 15.3. The van der Waals surface area contributed by atoms with Gasteiger partial charge in [-0.25, -0.2) is 9.97 Å². The van der Waals surface area contributed by atoms with Crippen LogP contribution in [0.25, 0.3) is 0 Å². The first-order chi connectivity index (χ1) is 7.65. The lowest BCUT2D eigenvalue weighted by atomic mass is 10.4. The minimum Gasteiger partial charge on any atom is -0.364 e. The maximum atomic E-state index is 4.31. The van der Waals surface area contributed by atoms with E-state index < -0.39 is 0 Å². The average Bonchev–Trinajstić information content (AvgIpc) is 2.59. The summed E-state index contributed by atoms with van der Waals surface area (Å²) >= 11 is 0. The molecule has 0 saturated carbocycles. The summed E-state index contributed by atoms with van der Waals surface area (Å²) in [7, 11) is 1.92. The van der Waals surface area contributed by atoms with Crippen molar-refractivity contribution in [2.75, 3.05) is 5.32 Å². The highest BCUT2D eigenvalue weighted by molar-refractivity contribution is 5.36. The molecule has 0 aliphatic carbocycles. The van der Waals surface area contributed by atoms with E-state index in [2.05, 4.69) is 20.4 Å². The van der Waals surface area contributed by atoms with Crippen LogP contribution in [0.1, 0.15) is 17.2 Å². The van der Waals surface area contributed by atoms with Gasteiger partial charge in [0.05, 0.1) is 12.2 Å². The van der Waals surface area contributed by atoms with Crippen molar-refractivity contribution in [2.45, 2.75) is 20.4 Å². The molecule has 0 bridgehead atoms. The van der Waals surface area contributed by atoms with Crippen LogP contribution in [-0.2, 0) is 13.6 Å². The Labute approximate surface area is 94.5 Å². The zero-order chi connectivity index (χ0) is 11.5. The van der Waals surface area contributed by atoms with E-state index in [1.54, 1.807) is 6.20 Å². The number of hydrogen-bond donors (Lipinski definition) is 1. The zero-order valence-electron chi connectivity index (χ0n) is 9.73. The molecule has 0 aliphatic heterocycles. The van der Waals surface area contributed by atoms with Crippen LogP contribution < -0.4 is 5.32 Å². The fraction of sp³-hybridized carbons (Fsp3) is 0.364. The molecule has 1 N–H and O–H groups in total. The number of nitrogens with one attached hydrogen (secondary N) is 1.